The van der Waals surface area contributed by atoms with E-state index >= 15 is 0 Å². The molecule has 0 spiro atoms. The molecule has 20 heavy (non-hydrogen) atoms. The highest BCUT2D eigenvalue weighted by Gasteiger charge is 2.15. The van der Waals surface area contributed by atoms with Gasteiger partial charge in [0.2, 0.25) is 0 Å². The molecule has 112 valence electrons. The molecule has 1 fully saturated rings. The molecule has 1 aliphatic rings. The van der Waals surface area contributed by atoms with Crippen LogP contribution in [0.2, 0.25) is 0 Å². The molecule has 0 aromatic heterocycles. The Hall–Kier alpha value is -1.10. The van der Waals surface area contributed by atoms with Gasteiger partial charge in [-0.25, -0.2) is 0 Å². The lowest BCUT2D eigenvalue weighted by Gasteiger charge is -2.35. The van der Waals surface area contributed by atoms with Gasteiger partial charge in [-0.05, 0) is 31.2 Å². The van der Waals surface area contributed by atoms with Crippen LogP contribution in [0.4, 0.5) is 5.69 Å². The fourth-order valence-corrected chi connectivity index (χ4v) is 2.59. The Morgan fingerprint density at radius 1 is 1.15 bits per heavy atom. The number of nitrogens with one attached hydrogen (secondary N) is 1. The van der Waals surface area contributed by atoms with Crippen LogP contribution in [0.3, 0.4) is 0 Å². The minimum Gasteiger partial charge on any atom is -0.369 e. The average molecular weight is 276 g/mol. The van der Waals surface area contributed by atoms with E-state index in [-0.39, 0.29) is 6.04 Å². The minimum atomic E-state index is 0.212. The molecule has 4 heteroatoms. The summed E-state index contributed by atoms with van der Waals surface area (Å²) in [6.07, 6.45) is 0. The predicted molar refractivity (Wildman–Crippen MR) is 86.1 cm³/mol. The Morgan fingerprint density at radius 2 is 1.80 bits per heavy atom. The van der Waals surface area contributed by atoms with Crippen molar-refractivity contribution < 1.29 is 0 Å². The van der Waals surface area contributed by atoms with Gasteiger partial charge in [0.15, 0.2) is 0 Å². The maximum atomic E-state index is 5.73. The lowest BCUT2D eigenvalue weighted by molar-refractivity contribution is 0.271. The van der Waals surface area contributed by atoms with Crippen molar-refractivity contribution in [2.75, 3.05) is 44.2 Å². The molecule has 1 saturated heterocycles. The molecule has 0 aliphatic carbocycles. The van der Waals surface area contributed by atoms with Gasteiger partial charge in [-0.3, -0.25) is 0 Å². The zero-order valence-electron chi connectivity index (χ0n) is 12.8. The van der Waals surface area contributed by atoms with Gasteiger partial charge in [-0.15, -0.1) is 0 Å². The Morgan fingerprint density at radius 3 is 2.35 bits per heavy atom. The number of hydrogen-bond acceptors (Lipinski definition) is 4. The standard InChI is InChI=1S/C16H28N4/c1-3-19-8-10-20(11-9-19)16-6-4-15(5-7-16)13-18-12-14(2)17/h4-7,14,18H,3,8-13,17H2,1-2H3. The number of anilines is 1. The first-order valence-electron chi connectivity index (χ1n) is 7.71. The van der Waals surface area contributed by atoms with E-state index in [1.165, 1.54) is 24.3 Å². The topological polar surface area (TPSA) is 44.5 Å². The Balaban J connectivity index is 1.82. The van der Waals surface area contributed by atoms with Crippen molar-refractivity contribution in [2.45, 2.75) is 26.4 Å². The minimum absolute atomic E-state index is 0.212. The second-order valence-corrected chi connectivity index (χ2v) is 5.70. The summed E-state index contributed by atoms with van der Waals surface area (Å²) in [4.78, 5) is 4.98. The number of rotatable bonds is 6. The van der Waals surface area contributed by atoms with Crippen LogP contribution >= 0.6 is 0 Å². The third-order valence-electron chi connectivity index (χ3n) is 3.92. The molecule has 1 unspecified atom stereocenters. The van der Waals surface area contributed by atoms with E-state index in [1.807, 2.05) is 6.92 Å². The van der Waals surface area contributed by atoms with Crippen LogP contribution in [-0.2, 0) is 6.54 Å². The molecule has 0 amide bonds. The number of piperazine rings is 1. The molecule has 0 radical (unpaired) electrons. The van der Waals surface area contributed by atoms with Gasteiger partial charge < -0.3 is 20.9 Å². The maximum Gasteiger partial charge on any atom is 0.0367 e. The number of benzene rings is 1. The van der Waals surface area contributed by atoms with Crippen molar-refractivity contribution in [2.24, 2.45) is 5.73 Å². The van der Waals surface area contributed by atoms with Crippen molar-refractivity contribution in [3.63, 3.8) is 0 Å². The highest BCUT2D eigenvalue weighted by atomic mass is 15.3. The first-order valence-corrected chi connectivity index (χ1v) is 7.71. The molecule has 1 atom stereocenters. The van der Waals surface area contributed by atoms with Crippen LogP contribution in [0, 0.1) is 0 Å². The first-order chi connectivity index (χ1) is 9.69. The SMILES string of the molecule is CCN1CCN(c2ccc(CNCC(C)N)cc2)CC1. The van der Waals surface area contributed by atoms with E-state index in [4.69, 9.17) is 5.73 Å². The van der Waals surface area contributed by atoms with Gasteiger partial charge in [-0.1, -0.05) is 19.1 Å². The van der Waals surface area contributed by atoms with Crippen LogP contribution in [0.5, 0.6) is 0 Å². The molecule has 2 rings (SSSR count). The summed E-state index contributed by atoms with van der Waals surface area (Å²) < 4.78 is 0. The van der Waals surface area contributed by atoms with Crippen molar-refractivity contribution >= 4 is 5.69 Å². The molecule has 0 saturated carbocycles. The van der Waals surface area contributed by atoms with Crippen molar-refractivity contribution in [1.82, 2.24) is 10.2 Å². The third-order valence-corrected chi connectivity index (χ3v) is 3.92. The van der Waals surface area contributed by atoms with Crippen molar-refractivity contribution in [1.29, 1.82) is 0 Å². The van der Waals surface area contributed by atoms with E-state index in [2.05, 4.69) is 46.3 Å². The maximum absolute atomic E-state index is 5.73. The number of hydrogen-bond donors (Lipinski definition) is 2. The molecule has 1 aromatic rings. The van der Waals surface area contributed by atoms with Crippen LogP contribution in [0.25, 0.3) is 0 Å². The smallest absolute Gasteiger partial charge is 0.0367 e. The highest BCUT2D eigenvalue weighted by Crippen LogP contribution is 2.17. The van der Waals surface area contributed by atoms with Crippen LogP contribution in [-0.4, -0.2) is 50.2 Å². The largest absolute Gasteiger partial charge is 0.369 e. The van der Waals surface area contributed by atoms with E-state index < -0.39 is 0 Å². The molecule has 4 nitrogen and oxygen atoms in total. The van der Waals surface area contributed by atoms with E-state index in [0.717, 1.165) is 32.7 Å². The summed E-state index contributed by atoms with van der Waals surface area (Å²) >= 11 is 0. The average Bonchev–Trinajstić information content (AvgIpc) is 2.48. The van der Waals surface area contributed by atoms with Crippen LogP contribution in [0.1, 0.15) is 19.4 Å². The Labute approximate surface area is 122 Å². The van der Waals surface area contributed by atoms with Crippen molar-refractivity contribution in [3.8, 4) is 0 Å². The van der Waals surface area contributed by atoms with Gasteiger partial charge in [-0.2, -0.15) is 0 Å². The summed E-state index contributed by atoms with van der Waals surface area (Å²) in [5.41, 5.74) is 8.39. The van der Waals surface area contributed by atoms with Crippen molar-refractivity contribution in [3.05, 3.63) is 29.8 Å². The number of nitrogens with two attached hydrogens (primary N) is 1. The lowest BCUT2D eigenvalue weighted by Crippen LogP contribution is -2.46. The van der Waals surface area contributed by atoms with Crippen LogP contribution < -0.4 is 16.0 Å². The highest BCUT2D eigenvalue weighted by molar-refractivity contribution is 5.48. The fourth-order valence-electron chi connectivity index (χ4n) is 2.59. The number of nitrogens with zero attached hydrogens (tertiary/aromatic N) is 2. The molecule has 0 bridgehead atoms. The normalized spacial score (nSPS) is 18.2. The Bertz CT molecular complexity index is 380. The van der Waals surface area contributed by atoms with Gasteiger partial charge in [0, 0.05) is 51.0 Å². The number of likely N-dealkylation sites (N-methyl/N-ethyl adjacent to an activating group) is 1. The summed E-state index contributed by atoms with van der Waals surface area (Å²) in [5.74, 6) is 0. The Kier molecular flexibility index (Phi) is 5.83. The zero-order chi connectivity index (χ0) is 14.4. The zero-order valence-corrected chi connectivity index (χ0v) is 12.8. The molecule has 1 aliphatic heterocycles. The summed E-state index contributed by atoms with van der Waals surface area (Å²) in [6.45, 7) is 11.8. The van der Waals surface area contributed by atoms with Gasteiger partial charge >= 0.3 is 0 Å². The van der Waals surface area contributed by atoms with Gasteiger partial charge in [0.1, 0.15) is 0 Å². The molecular formula is C16H28N4. The van der Waals surface area contributed by atoms with E-state index in [0.29, 0.717) is 0 Å². The molecule has 3 N–H and O–H groups in total. The second-order valence-electron chi connectivity index (χ2n) is 5.70. The third kappa shape index (κ3) is 4.47. The van der Waals surface area contributed by atoms with Gasteiger partial charge in [0.25, 0.3) is 0 Å². The monoisotopic (exact) mass is 276 g/mol. The molecule has 1 heterocycles. The summed E-state index contributed by atoms with van der Waals surface area (Å²) in [5, 5.41) is 3.37. The first kappa shape index (κ1) is 15.3. The lowest BCUT2D eigenvalue weighted by atomic mass is 10.1. The van der Waals surface area contributed by atoms with E-state index in [1.54, 1.807) is 0 Å². The van der Waals surface area contributed by atoms with Gasteiger partial charge in [0.05, 0.1) is 0 Å². The second kappa shape index (κ2) is 7.62. The van der Waals surface area contributed by atoms with E-state index in [9.17, 15) is 0 Å². The fraction of sp³-hybridized carbons (Fsp3) is 0.625. The predicted octanol–water partition coefficient (Wildman–Crippen LogP) is 1.27. The molecule has 1 aromatic carbocycles. The van der Waals surface area contributed by atoms with Crippen LogP contribution in [0.15, 0.2) is 24.3 Å². The molecular weight excluding hydrogens is 248 g/mol. The summed E-state index contributed by atoms with van der Waals surface area (Å²) in [6, 6.07) is 9.13. The quantitative estimate of drug-likeness (QED) is 0.821. The summed E-state index contributed by atoms with van der Waals surface area (Å²) in [7, 11) is 0.